The Labute approximate surface area is 441 Å². The van der Waals surface area contributed by atoms with E-state index in [0.717, 1.165) is 30.8 Å². The molecule has 0 bridgehead atoms. The molecule has 2 atom stereocenters. The Morgan fingerprint density at radius 1 is 0.329 bits per heavy atom. The summed E-state index contributed by atoms with van der Waals surface area (Å²) >= 11 is 0. The van der Waals surface area contributed by atoms with Crippen LogP contribution < -0.4 is 26.8 Å². The number of hydrogen-bond donors (Lipinski definition) is 1. The summed E-state index contributed by atoms with van der Waals surface area (Å²) in [5, 5.41) is -20.5. The largest absolute Gasteiger partial charge is 0.300 e. The highest BCUT2D eigenvalue weighted by Crippen LogP contribution is 2.39. The standard InChI is InChI=1S/C40H4BF24.C14H21F2N/c42-9-1-5-13(25(50)21(9)46)29(54)37(62)33(58)17(5)41(18-6-2-10(43)22(47)26(51)14(6)30(55)38(63)34(18)59,19-7-3-11(44)23(48)27(52)15(7)31(56)39(64)35(19)60)20-8-4-12(45)24(49)28(53)16(8)32(57)40(65)36(20)61;1-4-7-11(3)10-17(5-2)13-9-6-8-12(15)14(13)16/h1-4H;6,8-9,11H,4-5,7,10H2,1-3H3/q-1;/p+1. The van der Waals surface area contributed by atoms with Gasteiger partial charge in [-0.05, 0) is 65.2 Å². The first-order valence-corrected chi connectivity index (χ1v) is 23.4. The van der Waals surface area contributed by atoms with Crippen molar-refractivity contribution in [1.29, 1.82) is 0 Å². The lowest BCUT2D eigenvalue weighted by atomic mass is 9.11. The van der Waals surface area contributed by atoms with Crippen molar-refractivity contribution in [2.75, 3.05) is 13.1 Å². The molecule has 9 rings (SSSR count). The Morgan fingerprint density at radius 3 is 0.854 bits per heavy atom. The van der Waals surface area contributed by atoms with Crippen molar-refractivity contribution < 1.29 is 119 Å². The van der Waals surface area contributed by atoms with Crippen molar-refractivity contribution in [3.63, 3.8) is 0 Å². The highest BCUT2D eigenvalue weighted by Gasteiger charge is 2.50. The molecule has 0 fully saturated rings. The maximum Gasteiger partial charge on any atom is 0.219 e. The number of rotatable bonds is 10. The molecule has 0 saturated carbocycles. The zero-order valence-electron chi connectivity index (χ0n) is 40.9. The van der Waals surface area contributed by atoms with Gasteiger partial charge in [-0.15, -0.1) is 21.9 Å². The molecule has 1 N–H and O–H groups in total. The van der Waals surface area contributed by atoms with Gasteiger partial charge in [0.15, 0.2) is 128 Å². The fourth-order valence-electron chi connectivity index (χ4n) is 10.7. The van der Waals surface area contributed by atoms with Crippen LogP contribution in [0, 0.1) is 157 Å². The third-order valence-corrected chi connectivity index (χ3v) is 14.0. The van der Waals surface area contributed by atoms with Crippen LogP contribution in [-0.2, 0) is 0 Å². The first kappa shape index (κ1) is 60.3. The van der Waals surface area contributed by atoms with Gasteiger partial charge in [-0.25, -0.2) is 110 Å². The molecule has 9 aromatic rings. The summed E-state index contributed by atoms with van der Waals surface area (Å²) in [5.74, 6) is -76.7. The molecule has 0 aliphatic rings. The van der Waals surface area contributed by atoms with E-state index in [-0.39, 0.29) is 0 Å². The van der Waals surface area contributed by atoms with Gasteiger partial charge >= 0.3 is 0 Å². The molecule has 432 valence electrons. The Bertz CT molecular complexity index is 3700. The molecule has 0 aromatic heterocycles. The van der Waals surface area contributed by atoms with Crippen LogP contribution in [0.3, 0.4) is 0 Å². The molecule has 0 saturated heterocycles. The van der Waals surface area contributed by atoms with E-state index in [9.17, 15) is 26.3 Å². The van der Waals surface area contributed by atoms with Gasteiger partial charge < -0.3 is 0 Å². The third-order valence-electron chi connectivity index (χ3n) is 14.0. The van der Waals surface area contributed by atoms with Gasteiger partial charge in [0.1, 0.15) is 29.4 Å². The SMILES string of the molecule is CCCC(C)C[NH+](CC)c1cccc(F)c1F.Fc1cc2c([B-](c3c(F)c(F)c(F)c4c(F)c(F)c(F)cc34)(c3c(F)c(F)c(F)c4c(F)c(F)c(F)cc34)c3c(F)c(F)c(F)c4c(F)c(F)c(F)cc34)c(F)c(F)c(F)c2c(F)c1F. The summed E-state index contributed by atoms with van der Waals surface area (Å²) in [4.78, 5) is 1.02. The number of benzene rings is 9. The Kier molecular flexibility index (Phi) is 16.1. The molecular formula is C54H26BF26N. The predicted molar refractivity (Wildman–Crippen MR) is 246 cm³/mol. The topological polar surface area (TPSA) is 4.44 Å². The summed E-state index contributed by atoms with van der Waals surface area (Å²) in [6.45, 7) is 7.93. The van der Waals surface area contributed by atoms with Crippen LogP contribution in [0.4, 0.5) is 120 Å². The summed E-state index contributed by atoms with van der Waals surface area (Å²) in [6.07, 6.45) is -4.76. The van der Waals surface area contributed by atoms with Crippen molar-refractivity contribution in [3.05, 3.63) is 194 Å². The van der Waals surface area contributed by atoms with E-state index in [1.54, 1.807) is 12.1 Å². The maximum atomic E-state index is 17.3. The quantitative estimate of drug-likeness (QED) is 0.0791. The van der Waals surface area contributed by atoms with Crippen molar-refractivity contribution >= 4 is 76.8 Å². The fraction of sp³-hybridized carbons (Fsp3) is 0.148. The van der Waals surface area contributed by atoms with E-state index in [1.807, 2.05) is 6.92 Å². The molecule has 0 spiro atoms. The van der Waals surface area contributed by atoms with E-state index in [4.69, 9.17) is 0 Å². The molecule has 2 unspecified atom stereocenters. The molecule has 0 heterocycles. The average Bonchev–Trinajstić information content (AvgIpc) is 2.09. The van der Waals surface area contributed by atoms with E-state index < -0.39 is 247 Å². The lowest BCUT2D eigenvalue weighted by Gasteiger charge is -2.47. The van der Waals surface area contributed by atoms with E-state index >= 15 is 87.8 Å². The van der Waals surface area contributed by atoms with Gasteiger partial charge in [0.25, 0.3) is 0 Å². The molecule has 0 aliphatic heterocycles. The second kappa shape index (κ2) is 21.8. The number of nitrogens with one attached hydrogen (secondary N) is 1. The molecule has 1 nitrogen and oxygen atoms in total. The van der Waals surface area contributed by atoms with Crippen LogP contribution in [-0.4, -0.2) is 19.2 Å². The van der Waals surface area contributed by atoms with Crippen LogP contribution >= 0.6 is 0 Å². The van der Waals surface area contributed by atoms with Crippen molar-refractivity contribution in [3.8, 4) is 0 Å². The normalized spacial score (nSPS) is 12.8. The molecule has 82 heavy (non-hydrogen) atoms. The minimum atomic E-state index is -7.01. The second-order valence-corrected chi connectivity index (χ2v) is 18.6. The van der Waals surface area contributed by atoms with Gasteiger partial charge in [0, 0.05) is 12.0 Å². The van der Waals surface area contributed by atoms with Crippen molar-refractivity contribution in [1.82, 2.24) is 0 Å². The van der Waals surface area contributed by atoms with Gasteiger partial charge in [-0.2, -0.15) is 4.39 Å². The monoisotopic (exact) mass is 1190 g/mol. The fourth-order valence-corrected chi connectivity index (χ4v) is 10.7. The first-order valence-electron chi connectivity index (χ1n) is 23.4. The molecular weight excluding hydrogens is 1170 g/mol. The second-order valence-electron chi connectivity index (χ2n) is 18.6. The predicted octanol–water partition coefficient (Wildman–Crippen LogP) is 14.0. The van der Waals surface area contributed by atoms with Gasteiger partial charge in [0.05, 0.1) is 34.6 Å². The van der Waals surface area contributed by atoms with Crippen LogP contribution in [0.2, 0.25) is 0 Å². The van der Waals surface area contributed by atoms with Crippen LogP contribution in [0.25, 0.3) is 43.1 Å². The number of halogens is 26. The zero-order valence-corrected chi connectivity index (χ0v) is 40.9. The minimum absolute atomic E-state index is 0.454. The molecule has 0 aliphatic carbocycles. The highest BCUT2D eigenvalue weighted by atomic mass is 19.2. The Balaban J connectivity index is 0.000000445. The third kappa shape index (κ3) is 8.87. The lowest BCUT2D eigenvalue weighted by Crippen LogP contribution is -3.07. The smallest absolute Gasteiger partial charge is 0.219 e. The highest BCUT2D eigenvalue weighted by molar-refractivity contribution is 7.23. The van der Waals surface area contributed by atoms with Crippen LogP contribution in [0.15, 0.2) is 42.5 Å². The molecule has 0 amide bonds. The molecule has 28 heteroatoms. The van der Waals surface area contributed by atoms with E-state index in [0.29, 0.717) is 11.6 Å². The van der Waals surface area contributed by atoms with E-state index in [1.165, 1.54) is 6.07 Å². The molecule has 0 radical (unpaired) electrons. The number of quaternary nitrogens is 1. The van der Waals surface area contributed by atoms with Gasteiger partial charge in [-0.1, -0.05) is 26.3 Å². The summed E-state index contributed by atoms with van der Waals surface area (Å²) in [6, 6.07) is 1.17. The maximum absolute atomic E-state index is 17.3. The van der Waals surface area contributed by atoms with Gasteiger partial charge in [0.2, 0.25) is 5.82 Å². The van der Waals surface area contributed by atoms with Crippen molar-refractivity contribution in [2.45, 2.75) is 33.6 Å². The number of fused-ring (bicyclic) bond motifs is 4. The average molecular weight is 1190 g/mol. The van der Waals surface area contributed by atoms with E-state index in [2.05, 4.69) is 13.8 Å². The van der Waals surface area contributed by atoms with Gasteiger partial charge in [-0.3, -0.25) is 4.90 Å². The van der Waals surface area contributed by atoms with Crippen molar-refractivity contribution in [2.24, 2.45) is 5.92 Å². The zero-order chi connectivity index (χ0) is 60.9. The lowest BCUT2D eigenvalue weighted by molar-refractivity contribution is -0.835. The minimum Gasteiger partial charge on any atom is -0.300 e. The Morgan fingerprint density at radius 2 is 0.598 bits per heavy atom. The Hall–Kier alpha value is -7.78. The van der Waals surface area contributed by atoms with Crippen LogP contribution in [0.5, 0.6) is 0 Å². The number of hydrogen-bond acceptors (Lipinski definition) is 0. The summed E-state index contributed by atoms with van der Waals surface area (Å²) in [5.41, 5.74) is -11.7. The summed E-state index contributed by atoms with van der Waals surface area (Å²) in [7, 11) is 0. The summed E-state index contributed by atoms with van der Waals surface area (Å²) < 4.78 is 407. The van der Waals surface area contributed by atoms with Crippen LogP contribution in [0.1, 0.15) is 33.6 Å². The molecule has 9 aromatic carbocycles. The first-order chi connectivity index (χ1) is 38.4.